The van der Waals surface area contributed by atoms with Gasteiger partial charge in [0, 0.05) is 76.1 Å². The van der Waals surface area contributed by atoms with E-state index in [4.69, 9.17) is 5.11 Å². The summed E-state index contributed by atoms with van der Waals surface area (Å²) in [6.07, 6.45) is 14.7. The number of aromatic nitrogens is 2. The number of rotatable bonds is 1. The molecule has 0 bridgehead atoms. The standard InChI is InChI=1S/C14H15N2.C14H13N2.C5H8O2.Ir/c2*1-10-11-6-3-4-7-12(11)14-13(16(10)2)8-5-9-15-14;1-4(6)3-5(2)7;/h3-6,8-12H,1-2H3;3-6,8-10H,1-2H3;3,6H,1-2H3;/q2*-1;;/b;;4-3-;. The number of hydrogen-bond donors (Lipinski definition) is 1. The Morgan fingerprint density at radius 2 is 1.70 bits per heavy atom. The van der Waals surface area contributed by atoms with Crippen LogP contribution in [-0.2, 0) is 24.9 Å². The van der Waals surface area contributed by atoms with Gasteiger partial charge in [0.15, 0.2) is 5.78 Å². The molecule has 40 heavy (non-hydrogen) atoms. The summed E-state index contributed by atoms with van der Waals surface area (Å²) in [5.74, 6) is 0.761. The Kier molecular flexibility index (Phi) is 10.6. The number of pyridine rings is 2. The van der Waals surface area contributed by atoms with Crippen LogP contribution in [0, 0.1) is 18.1 Å². The van der Waals surface area contributed by atoms with Gasteiger partial charge in [0.25, 0.3) is 0 Å². The molecular weight excluding hydrogens is 677 g/mol. The zero-order chi connectivity index (χ0) is 28.1. The van der Waals surface area contributed by atoms with Crippen LogP contribution in [0.2, 0.25) is 0 Å². The molecule has 0 saturated heterocycles. The van der Waals surface area contributed by atoms with Gasteiger partial charge in [-0.2, -0.15) is 6.08 Å². The van der Waals surface area contributed by atoms with Gasteiger partial charge >= 0.3 is 0 Å². The van der Waals surface area contributed by atoms with Crippen LogP contribution in [0.4, 0.5) is 11.4 Å². The maximum atomic E-state index is 10.0. The Labute approximate surface area is 251 Å². The summed E-state index contributed by atoms with van der Waals surface area (Å²) in [6, 6.07) is 18.6. The number of anilines is 2. The molecule has 3 aliphatic rings. The molecule has 0 fully saturated rings. The molecule has 4 atom stereocenters. The van der Waals surface area contributed by atoms with Crippen molar-refractivity contribution in [2.45, 2.75) is 45.7 Å². The first-order valence-corrected chi connectivity index (χ1v) is 13.2. The van der Waals surface area contributed by atoms with E-state index in [1.165, 1.54) is 36.9 Å². The molecule has 1 aliphatic carbocycles. The number of hydrogen-bond acceptors (Lipinski definition) is 6. The quantitative estimate of drug-likeness (QED) is 0.173. The van der Waals surface area contributed by atoms with E-state index in [1.807, 2.05) is 42.7 Å². The van der Waals surface area contributed by atoms with Crippen molar-refractivity contribution in [3.8, 4) is 11.3 Å². The summed E-state index contributed by atoms with van der Waals surface area (Å²) in [6.45, 7) is 7.33. The van der Waals surface area contributed by atoms with Crippen LogP contribution in [0.3, 0.4) is 0 Å². The van der Waals surface area contributed by atoms with Gasteiger partial charge in [-0.15, -0.1) is 35.4 Å². The molecule has 1 radical (unpaired) electrons. The van der Waals surface area contributed by atoms with Crippen LogP contribution < -0.4 is 9.80 Å². The molecule has 1 aromatic carbocycles. The molecular formula is C33H36IrN4O2-2. The van der Waals surface area contributed by atoms with E-state index >= 15 is 0 Å². The van der Waals surface area contributed by atoms with E-state index in [0.29, 0.717) is 23.9 Å². The third-order valence-electron chi connectivity index (χ3n) is 7.48. The average Bonchev–Trinajstić information content (AvgIpc) is 2.95. The fourth-order valence-electron chi connectivity index (χ4n) is 5.28. The molecule has 0 spiro atoms. The Morgan fingerprint density at radius 3 is 2.38 bits per heavy atom. The summed E-state index contributed by atoms with van der Waals surface area (Å²) in [7, 11) is 4.26. The fraction of sp³-hybridized carbons (Fsp3) is 0.303. The Hall–Kier alpha value is -3.54. The van der Waals surface area contributed by atoms with Crippen molar-refractivity contribution in [1.82, 2.24) is 9.97 Å². The summed E-state index contributed by atoms with van der Waals surface area (Å²) in [5.41, 5.74) is 7.07. The van der Waals surface area contributed by atoms with Gasteiger partial charge in [-0.1, -0.05) is 0 Å². The van der Waals surface area contributed by atoms with Crippen molar-refractivity contribution >= 4 is 17.2 Å². The van der Waals surface area contributed by atoms with E-state index in [1.54, 1.807) is 0 Å². The molecule has 0 amide bonds. The summed E-state index contributed by atoms with van der Waals surface area (Å²) < 4.78 is 0. The minimum atomic E-state index is -0.125. The first kappa shape index (κ1) is 31.0. The third-order valence-corrected chi connectivity index (χ3v) is 7.48. The number of carbonyl (C=O) groups is 1. The molecule has 3 aromatic rings. The van der Waals surface area contributed by atoms with Gasteiger partial charge in [0.2, 0.25) is 0 Å². The van der Waals surface area contributed by atoms with Gasteiger partial charge in [-0.3, -0.25) is 15.9 Å². The second-order valence-corrected chi connectivity index (χ2v) is 10.1. The minimum Gasteiger partial charge on any atom is -0.512 e. The smallest absolute Gasteiger partial charge is 0.155 e. The van der Waals surface area contributed by atoms with Crippen LogP contribution in [0.15, 0.2) is 84.9 Å². The summed E-state index contributed by atoms with van der Waals surface area (Å²) in [5, 5.41) is 8.36. The van der Waals surface area contributed by atoms with Gasteiger partial charge in [0.05, 0.1) is 17.1 Å². The largest absolute Gasteiger partial charge is 0.512 e. The normalized spacial score (nSPS) is 21.6. The molecule has 6 rings (SSSR count). The number of nitrogens with zero attached hydrogens (tertiary/aromatic N) is 4. The van der Waals surface area contributed by atoms with Crippen molar-refractivity contribution < 1.29 is 30.0 Å². The molecule has 4 unspecified atom stereocenters. The van der Waals surface area contributed by atoms with E-state index in [0.717, 1.165) is 17.0 Å². The van der Waals surface area contributed by atoms with Gasteiger partial charge in [-0.05, 0) is 63.8 Å². The molecule has 4 heterocycles. The molecule has 1 N–H and O–H groups in total. The molecule has 7 heteroatoms. The van der Waals surface area contributed by atoms with E-state index in [2.05, 4.69) is 90.2 Å². The number of allylic oxidation sites excluding steroid dienone is 5. The van der Waals surface area contributed by atoms with Gasteiger partial charge in [0.1, 0.15) is 0 Å². The zero-order valence-electron chi connectivity index (χ0n) is 23.8. The number of aliphatic hydroxyl groups excluding tert-OH is 1. The van der Waals surface area contributed by atoms with E-state index in [-0.39, 0.29) is 31.6 Å². The van der Waals surface area contributed by atoms with Crippen molar-refractivity contribution in [2.75, 3.05) is 23.9 Å². The van der Waals surface area contributed by atoms with E-state index < -0.39 is 0 Å². The first-order chi connectivity index (χ1) is 18.7. The molecule has 0 saturated carbocycles. The molecule has 6 nitrogen and oxygen atoms in total. The molecule has 211 valence electrons. The van der Waals surface area contributed by atoms with E-state index in [9.17, 15) is 4.79 Å². The van der Waals surface area contributed by atoms with Crippen LogP contribution in [0.1, 0.15) is 50.9 Å². The van der Waals surface area contributed by atoms with Crippen LogP contribution >= 0.6 is 0 Å². The second-order valence-electron chi connectivity index (χ2n) is 10.1. The molecule has 2 aromatic heterocycles. The Bertz CT molecular complexity index is 1360. The number of carbonyl (C=O) groups excluding carboxylic acids is 1. The van der Waals surface area contributed by atoms with Gasteiger partial charge < -0.3 is 19.9 Å². The van der Waals surface area contributed by atoms with Crippen molar-refractivity contribution in [3.63, 3.8) is 0 Å². The zero-order valence-corrected chi connectivity index (χ0v) is 26.2. The maximum absolute atomic E-state index is 10.0. The number of aliphatic hydroxyl groups is 1. The first-order valence-electron chi connectivity index (χ1n) is 13.2. The van der Waals surface area contributed by atoms with Crippen molar-refractivity contribution in [2.24, 2.45) is 5.92 Å². The SMILES string of the molecule is CC(=O)/C=C(/C)O.CC1C2C=CC=[C-]C2c2ncccc2N1C.CC1c2ccc[c-]c2-c2ncccc2N1C.[Ir]. The molecule has 2 aliphatic heterocycles. The summed E-state index contributed by atoms with van der Waals surface area (Å²) >= 11 is 0. The predicted molar refractivity (Wildman–Crippen MR) is 158 cm³/mol. The summed E-state index contributed by atoms with van der Waals surface area (Å²) in [4.78, 5) is 23.6. The minimum absolute atomic E-state index is 0. The number of ketones is 1. The fourth-order valence-corrected chi connectivity index (χ4v) is 5.28. The average molecular weight is 713 g/mol. The third kappa shape index (κ3) is 6.60. The van der Waals surface area contributed by atoms with Crippen LogP contribution in [-0.4, -0.2) is 41.0 Å². The number of fused-ring (bicyclic) bond motifs is 6. The van der Waals surface area contributed by atoms with Gasteiger partial charge in [-0.25, -0.2) is 12.2 Å². The predicted octanol–water partition coefficient (Wildman–Crippen LogP) is 6.64. The second kappa shape index (κ2) is 13.7. The monoisotopic (exact) mass is 713 g/mol. The van der Waals surface area contributed by atoms with Crippen molar-refractivity contribution in [1.29, 1.82) is 0 Å². The number of benzene rings is 1. The van der Waals surface area contributed by atoms with Crippen molar-refractivity contribution in [3.05, 3.63) is 108 Å². The maximum Gasteiger partial charge on any atom is 0.155 e. The van der Waals surface area contributed by atoms with Crippen LogP contribution in [0.25, 0.3) is 11.3 Å². The Balaban J connectivity index is 0.000000177. The Morgan fingerprint density at radius 1 is 1.00 bits per heavy atom. The van der Waals surface area contributed by atoms with Crippen LogP contribution in [0.5, 0.6) is 0 Å². The topological polar surface area (TPSA) is 69.6 Å².